The summed E-state index contributed by atoms with van der Waals surface area (Å²) in [6, 6.07) is 0. The predicted octanol–water partition coefficient (Wildman–Crippen LogP) is 17.5. The van der Waals surface area contributed by atoms with Crippen LogP contribution in [0.5, 0.6) is 0 Å². The molecule has 0 N–H and O–H groups in total. The van der Waals surface area contributed by atoms with Crippen LogP contribution in [0.1, 0.15) is 226 Å². The van der Waals surface area contributed by atoms with Crippen molar-refractivity contribution in [1.29, 1.82) is 0 Å². The number of esters is 3. The third-order valence-corrected chi connectivity index (χ3v) is 10.8. The van der Waals surface area contributed by atoms with E-state index in [4.69, 9.17) is 14.2 Å². The van der Waals surface area contributed by atoms with Crippen molar-refractivity contribution < 1.29 is 28.6 Å². The molecule has 0 aliphatic rings. The number of allylic oxidation sites excluding steroid dienone is 18. The molecule has 0 aromatic rings. The fourth-order valence-corrected chi connectivity index (χ4v) is 6.89. The highest BCUT2D eigenvalue weighted by Gasteiger charge is 2.19. The molecule has 6 heteroatoms. The second-order valence-electron chi connectivity index (χ2n) is 17.0. The van der Waals surface area contributed by atoms with Gasteiger partial charge >= 0.3 is 17.9 Å². The van der Waals surface area contributed by atoms with Crippen molar-refractivity contribution in [2.45, 2.75) is 232 Å². The quantitative estimate of drug-likeness (QED) is 0.0262. The maximum absolute atomic E-state index is 12.8. The standard InChI is InChI=1S/C59H96O6/c1-4-7-10-13-16-19-22-25-27-28-29-30-32-35-37-40-43-46-49-52-58(61)64-55-56(65-59(62)53-50-47-44-41-38-33-24-21-18-15-12-9-6-3)54-63-57(60)51-48-45-42-39-36-34-31-26-23-20-17-14-11-8-5-2/h7-8,10-11,16-17,19-20,25-27,29-31,35,37,43,46,56H,4-6,9,12-15,18,21-24,28,32-34,36,38-42,44-45,47-55H2,1-3H3. The van der Waals surface area contributed by atoms with E-state index >= 15 is 0 Å². The van der Waals surface area contributed by atoms with E-state index in [2.05, 4.69) is 124 Å². The Morgan fingerprint density at radius 1 is 0.323 bits per heavy atom. The molecule has 0 aliphatic heterocycles. The van der Waals surface area contributed by atoms with Crippen molar-refractivity contribution in [1.82, 2.24) is 0 Å². The highest BCUT2D eigenvalue weighted by Crippen LogP contribution is 2.14. The molecule has 65 heavy (non-hydrogen) atoms. The fourth-order valence-electron chi connectivity index (χ4n) is 6.89. The van der Waals surface area contributed by atoms with Crippen molar-refractivity contribution >= 4 is 17.9 Å². The second kappa shape index (κ2) is 52.7. The van der Waals surface area contributed by atoms with E-state index in [9.17, 15) is 14.4 Å². The van der Waals surface area contributed by atoms with Gasteiger partial charge in [0.2, 0.25) is 0 Å². The lowest BCUT2D eigenvalue weighted by atomic mass is 10.0. The molecule has 0 rings (SSSR count). The molecule has 6 nitrogen and oxygen atoms in total. The lowest BCUT2D eigenvalue weighted by Gasteiger charge is -2.18. The minimum Gasteiger partial charge on any atom is -0.462 e. The first-order valence-corrected chi connectivity index (χ1v) is 26.4. The minimum absolute atomic E-state index is 0.111. The van der Waals surface area contributed by atoms with Gasteiger partial charge in [-0.05, 0) is 89.9 Å². The monoisotopic (exact) mass is 901 g/mol. The number of carbonyl (C=O) groups is 3. The zero-order valence-electron chi connectivity index (χ0n) is 42.0. The summed E-state index contributed by atoms with van der Waals surface area (Å²) in [7, 11) is 0. The number of hydrogen-bond donors (Lipinski definition) is 0. The van der Waals surface area contributed by atoms with Crippen LogP contribution in [-0.2, 0) is 28.6 Å². The van der Waals surface area contributed by atoms with Gasteiger partial charge in [-0.1, -0.05) is 226 Å². The van der Waals surface area contributed by atoms with Crippen LogP contribution in [0.3, 0.4) is 0 Å². The van der Waals surface area contributed by atoms with Crippen LogP contribution < -0.4 is 0 Å². The molecule has 0 aromatic carbocycles. The highest BCUT2D eigenvalue weighted by molar-refractivity contribution is 5.71. The molecule has 0 heterocycles. The number of ether oxygens (including phenoxy) is 3. The highest BCUT2D eigenvalue weighted by atomic mass is 16.6. The second-order valence-corrected chi connectivity index (χ2v) is 17.0. The largest absolute Gasteiger partial charge is 0.462 e. The van der Waals surface area contributed by atoms with Crippen molar-refractivity contribution in [2.24, 2.45) is 0 Å². The Bertz CT molecular complexity index is 1360. The van der Waals surface area contributed by atoms with Gasteiger partial charge in [-0.2, -0.15) is 0 Å². The van der Waals surface area contributed by atoms with Crippen LogP contribution in [0, 0.1) is 0 Å². The summed E-state index contributed by atoms with van der Waals surface area (Å²) in [6.45, 7) is 6.32. The Hall–Kier alpha value is -3.93. The summed E-state index contributed by atoms with van der Waals surface area (Å²) in [5, 5.41) is 0. The average molecular weight is 901 g/mol. The fraction of sp³-hybridized carbons (Fsp3) is 0.644. The van der Waals surface area contributed by atoms with Gasteiger partial charge in [-0.3, -0.25) is 14.4 Å². The molecular formula is C59H96O6. The van der Waals surface area contributed by atoms with Crippen LogP contribution in [0.25, 0.3) is 0 Å². The molecule has 0 saturated carbocycles. The summed E-state index contributed by atoms with van der Waals surface area (Å²) in [6.07, 6.45) is 70.8. The topological polar surface area (TPSA) is 78.9 Å². The molecule has 0 bridgehead atoms. The molecule has 0 spiro atoms. The van der Waals surface area contributed by atoms with Crippen LogP contribution in [0.4, 0.5) is 0 Å². The van der Waals surface area contributed by atoms with Gasteiger partial charge in [0.15, 0.2) is 6.10 Å². The molecule has 0 radical (unpaired) electrons. The molecule has 0 aromatic heterocycles. The van der Waals surface area contributed by atoms with Crippen LogP contribution >= 0.6 is 0 Å². The summed E-state index contributed by atoms with van der Waals surface area (Å²) in [5.74, 6) is -1.02. The summed E-state index contributed by atoms with van der Waals surface area (Å²) < 4.78 is 16.7. The Kier molecular flexibility index (Phi) is 49.5. The smallest absolute Gasteiger partial charge is 0.306 e. The summed E-state index contributed by atoms with van der Waals surface area (Å²) in [4.78, 5) is 38.0. The van der Waals surface area contributed by atoms with Gasteiger partial charge in [-0.25, -0.2) is 0 Å². The molecule has 1 atom stereocenters. The van der Waals surface area contributed by atoms with Crippen molar-refractivity contribution in [2.75, 3.05) is 13.2 Å². The third-order valence-electron chi connectivity index (χ3n) is 10.8. The van der Waals surface area contributed by atoms with E-state index in [0.717, 1.165) is 116 Å². The molecular weight excluding hydrogens is 805 g/mol. The van der Waals surface area contributed by atoms with E-state index in [1.54, 1.807) is 0 Å². The maximum Gasteiger partial charge on any atom is 0.306 e. The molecule has 0 aliphatic carbocycles. The molecule has 1 unspecified atom stereocenters. The van der Waals surface area contributed by atoms with Crippen molar-refractivity contribution in [3.8, 4) is 0 Å². The van der Waals surface area contributed by atoms with Gasteiger partial charge in [0.25, 0.3) is 0 Å². The zero-order chi connectivity index (χ0) is 47.2. The van der Waals surface area contributed by atoms with E-state index in [0.29, 0.717) is 19.3 Å². The Morgan fingerprint density at radius 3 is 1.03 bits per heavy atom. The van der Waals surface area contributed by atoms with E-state index < -0.39 is 6.10 Å². The molecule has 368 valence electrons. The van der Waals surface area contributed by atoms with Gasteiger partial charge < -0.3 is 14.2 Å². The Morgan fingerprint density at radius 2 is 0.631 bits per heavy atom. The number of carbonyl (C=O) groups excluding carboxylic acids is 3. The Labute approximate surface area is 400 Å². The molecule has 0 saturated heterocycles. The Balaban J connectivity index is 4.52. The number of rotatable bonds is 46. The van der Waals surface area contributed by atoms with E-state index in [1.807, 2.05) is 6.08 Å². The van der Waals surface area contributed by atoms with E-state index in [-0.39, 0.29) is 37.5 Å². The predicted molar refractivity (Wildman–Crippen MR) is 279 cm³/mol. The number of unbranched alkanes of at least 4 members (excludes halogenated alkanes) is 17. The van der Waals surface area contributed by atoms with Crippen LogP contribution in [-0.4, -0.2) is 37.2 Å². The normalized spacial score (nSPS) is 13.0. The number of hydrogen-bond acceptors (Lipinski definition) is 6. The molecule has 0 fully saturated rings. The van der Waals surface area contributed by atoms with E-state index in [1.165, 1.54) is 64.2 Å². The first-order chi connectivity index (χ1) is 32.0. The van der Waals surface area contributed by atoms with Crippen LogP contribution in [0.15, 0.2) is 109 Å². The minimum atomic E-state index is -0.815. The van der Waals surface area contributed by atoms with Gasteiger partial charge in [0.1, 0.15) is 13.2 Å². The first kappa shape index (κ1) is 61.1. The van der Waals surface area contributed by atoms with Crippen molar-refractivity contribution in [3.63, 3.8) is 0 Å². The van der Waals surface area contributed by atoms with Gasteiger partial charge in [0.05, 0.1) is 0 Å². The van der Waals surface area contributed by atoms with Crippen LogP contribution in [0.2, 0.25) is 0 Å². The first-order valence-electron chi connectivity index (χ1n) is 26.4. The van der Waals surface area contributed by atoms with Gasteiger partial charge in [0, 0.05) is 19.3 Å². The lowest BCUT2D eigenvalue weighted by molar-refractivity contribution is -0.166. The zero-order valence-corrected chi connectivity index (χ0v) is 42.0. The average Bonchev–Trinajstić information content (AvgIpc) is 3.30. The summed E-state index contributed by atoms with van der Waals surface area (Å²) in [5.41, 5.74) is 0. The van der Waals surface area contributed by atoms with Crippen molar-refractivity contribution in [3.05, 3.63) is 109 Å². The third kappa shape index (κ3) is 50.9. The summed E-state index contributed by atoms with van der Waals surface area (Å²) >= 11 is 0. The lowest BCUT2D eigenvalue weighted by Crippen LogP contribution is -2.30. The van der Waals surface area contributed by atoms with Gasteiger partial charge in [-0.15, -0.1) is 0 Å². The SMILES string of the molecule is CCC=CCC=CCC=CCC=CCC=CCC=CCCC(=O)OCC(COC(=O)CCCCCCCC=CCC=CCC=CCC)OC(=O)CCCCCCCCCCCCCCC. The maximum atomic E-state index is 12.8. The molecule has 0 amide bonds.